The molecule has 2 atom stereocenters. The van der Waals surface area contributed by atoms with Crippen LogP contribution < -0.4 is 10.6 Å². The summed E-state index contributed by atoms with van der Waals surface area (Å²) in [5, 5.41) is 6.53. The van der Waals surface area contributed by atoms with Gasteiger partial charge in [-0.1, -0.05) is 20.3 Å². The Morgan fingerprint density at radius 2 is 2.00 bits per heavy atom. The van der Waals surface area contributed by atoms with Gasteiger partial charge in [-0.3, -0.25) is 4.79 Å². The molecule has 2 fully saturated rings. The molecule has 0 aromatic carbocycles. The van der Waals surface area contributed by atoms with Crippen molar-refractivity contribution in [3.63, 3.8) is 0 Å². The van der Waals surface area contributed by atoms with Gasteiger partial charge in [-0.2, -0.15) is 0 Å². The predicted molar refractivity (Wildman–Crippen MR) is 69.8 cm³/mol. The highest BCUT2D eigenvalue weighted by Gasteiger charge is 2.28. The number of piperidine rings is 1. The van der Waals surface area contributed by atoms with Crippen molar-refractivity contribution in [2.24, 2.45) is 5.41 Å². The van der Waals surface area contributed by atoms with Gasteiger partial charge in [0.15, 0.2) is 0 Å². The van der Waals surface area contributed by atoms with Gasteiger partial charge in [-0.05, 0) is 43.9 Å². The van der Waals surface area contributed by atoms with Crippen LogP contribution in [0.5, 0.6) is 0 Å². The quantitative estimate of drug-likeness (QED) is 0.724. The lowest BCUT2D eigenvalue weighted by Gasteiger charge is -2.28. The van der Waals surface area contributed by atoms with Crippen LogP contribution in [0.2, 0.25) is 0 Å². The summed E-state index contributed by atoms with van der Waals surface area (Å²) >= 11 is 0. The van der Waals surface area contributed by atoms with Crippen molar-refractivity contribution in [3.05, 3.63) is 0 Å². The Labute approximate surface area is 105 Å². The first-order valence-electron chi connectivity index (χ1n) is 7.11. The van der Waals surface area contributed by atoms with Gasteiger partial charge in [0.2, 0.25) is 5.91 Å². The molecule has 0 aromatic rings. The average molecular weight is 238 g/mol. The number of amides is 1. The first kappa shape index (κ1) is 12.9. The maximum Gasteiger partial charge on any atom is 0.237 e. The van der Waals surface area contributed by atoms with E-state index in [9.17, 15) is 4.79 Å². The minimum atomic E-state index is 0.0648. The lowest BCUT2D eigenvalue weighted by molar-refractivity contribution is -0.124. The van der Waals surface area contributed by atoms with Crippen LogP contribution in [0, 0.1) is 5.41 Å². The zero-order valence-electron chi connectivity index (χ0n) is 11.2. The maximum absolute atomic E-state index is 11.7. The molecule has 2 aliphatic rings. The molecule has 3 heteroatoms. The summed E-state index contributed by atoms with van der Waals surface area (Å²) in [4.78, 5) is 11.7. The smallest absolute Gasteiger partial charge is 0.237 e. The summed E-state index contributed by atoms with van der Waals surface area (Å²) in [5.74, 6) is 0.208. The minimum Gasteiger partial charge on any atom is -0.355 e. The topological polar surface area (TPSA) is 41.1 Å². The van der Waals surface area contributed by atoms with Crippen LogP contribution in [-0.2, 0) is 4.79 Å². The van der Waals surface area contributed by atoms with Crippen molar-refractivity contribution in [2.75, 3.05) is 6.54 Å². The highest BCUT2D eigenvalue weighted by molar-refractivity contribution is 5.82. The molecule has 1 aliphatic heterocycles. The highest BCUT2D eigenvalue weighted by Crippen LogP contribution is 2.33. The highest BCUT2D eigenvalue weighted by atomic mass is 16.2. The molecule has 3 nitrogen and oxygen atoms in total. The third-order valence-electron chi connectivity index (χ3n) is 4.30. The van der Waals surface area contributed by atoms with Crippen molar-refractivity contribution >= 4 is 5.91 Å². The number of carbonyl (C=O) groups excluding carboxylic acids is 1. The van der Waals surface area contributed by atoms with Crippen LogP contribution in [0.4, 0.5) is 0 Å². The summed E-state index contributed by atoms with van der Waals surface area (Å²) in [5.41, 5.74) is 0.491. The van der Waals surface area contributed by atoms with E-state index in [1.54, 1.807) is 0 Å². The molecular formula is C14H26N2O. The predicted octanol–water partition coefficient (Wildman–Crippen LogP) is 2.21. The lowest BCUT2D eigenvalue weighted by Crippen LogP contribution is -2.51. The number of nitrogens with one attached hydrogen (secondary N) is 2. The number of carbonyl (C=O) groups is 1. The molecule has 1 heterocycles. The van der Waals surface area contributed by atoms with Gasteiger partial charge in [-0.15, -0.1) is 0 Å². The molecule has 1 saturated heterocycles. The molecule has 0 radical (unpaired) electrons. The van der Waals surface area contributed by atoms with E-state index in [0.29, 0.717) is 11.5 Å². The standard InChI is InChI=1S/C14H26N2O/c1-14(2)8-3-5-11(7-9-14)16-12-6-4-10-15-13(12)17/h11-12,16H,3-10H2,1-2H3,(H,15,17). The second kappa shape index (κ2) is 5.38. The van der Waals surface area contributed by atoms with Crippen molar-refractivity contribution < 1.29 is 4.79 Å². The Morgan fingerprint density at radius 3 is 2.76 bits per heavy atom. The van der Waals surface area contributed by atoms with Crippen LogP contribution in [-0.4, -0.2) is 24.5 Å². The Bertz CT molecular complexity index is 275. The average Bonchev–Trinajstić information content (AvgIpc) is 2.44. The summed E-state index contributed by atoms with van der Waals surface area (Å²) in [6.45, 7) is 5.58. The van der Waals surface area contributed by atoms with Gasteiger partial charge in [0.1, 0.15) is 0 Å². The molecule has 17 heavy (non-hydrogen) atoms. The largest absolute Gasteiger partial charge is 0.355 e. The Kier molecular flexibility index (Phi) is 4.08. The van der Waals surface area contributed by atoms with Crippen LogP contribution in [0.1, 0.15) is 58.8 Å². The number of hydrogen-bond donors (Lipinski definition) is 2. The lowest BCUT2D eigenvalue weighted by atomic mass is 9.85. The monoisotopic (exact) mass is 238 g/mol. The van der Waals surface area contributed by atoms with Gasteiger partial charge in [-0.25, -0.2) is 0 Å². The van der Waals surface area contributed by atoms with Gasteiger partial charge in [0, 0.05) is 12.6 Å². The first-order chi connectivity index (χ1) is 8.07. The number of hydrogen-bond acceptors (Lipinski definition) is 2. The van der Waals surface area contributed by atoms with E-state index in [1.165, 1.54) is 32.1 Å². The molecular weight excluding hydrogens is 212 g/mol. The van der Waals surface area contributed by atoms with Gasteiger partial charge < -0.3 is 10.6 Å². The fourth-order valence-corrected chi connectivity index (χ4v) is 3.04. The van der Waals surface area contributed by atoms with Crippen molar-refractivity contribution in [2.45, 2.75) is 70.9 Å². The normalized spacial score (nSPS) is 33.9. The molecule has 2 unspecified atom stereocenters. The van der Waals surface area contributed by atoms with E-state index in [2.05, 4.69) is 24.5 Å². The molecule has 98 valence electrons. The third kappa shape index (κ3) is 3.70. The van der Waals surface area contributed by atoms with E-state index in [1.807, 2.05) is 0 Å². The molecule has 0 spiro atoms. The first-order valence-corrected chi connectivity index (χ1v) is 7.11. The fourth-order valence-electron chi connectivity index (χ4n) is 3.04. The summed E-state index contributed by atoms with van der Waals surface area (Å²) < 4.78 is 0. The Hall–Kier alpha value is -0.570. The summed E-state index contributed by atoms with van der Waals surface area (Å²) in [6, 6.07) is 0.612. The van der Waals surface area contributed by atoms with E-state index < -0.39 is 0 Å². The number of rotatable bonds is 2. The second-order valence-electron chi connectivity index (χ2n) is 6.44. The van der Waals surface area contributed by atoms with Crippen LogP contribution in [0.25, 0.3) is 0 Å². The molecule has 1 aliphatic carbocycles. The van der Waals surface area contributed by atoms with Crippen LogP contribution >= 0.6 is 0 Å². The Morgan fingerprint density at radius 1 is 1.18 bits per heavy atom. The van der Waals surface area contributed by atoms with Crippen molar-refractivity contribution in [3.8, 4) is 0 Å². The second-order valence-corrected chi connectivity index (χ2v) is 6.44. The van der Waals surface area contributed by atoms with E-state index in [0.717, 1.165) is 19.4 Å². The van der Waals surface area contributed by atoms with Crippen molar-refractivity contribution in [1.82, 2.24) is 10.6 Å². The van der Waals surface area contributed by atoms with Gasteiger partial charge >= 0.3 is 0 Å². The summed E-state index contributed by atoms with van der Waals surface area (Å²) in [6.07, 6.45) is 8.46. The van der Waals surface area contributed by atoms with Gasteiger partial charge in [0.05, 0.1) is 6.04 Å². The molecule has 2 rings (SSSR count). The molecule has 2 N–H and O–H groups in total. The van der Waals surface area contributed by atoms with E-state index >= 15 is 0 Å². The molecule has 0 aromatic heterocycles. The SMILES string of the molecule is CC1(C)CCCC(NC2CCCNC2=O)CC1. The zero-order valence-corrected chi connectivity index (χ0v) is 11.2. The minimum absolute atomic E-state index is 0.0648. The molecule has 1 saturated carbocycles. The van der Waals surface area contributed by atoms with Gasteiger partial charge in [0.25, 0.3) is 0 Å². The fraction of sp³-hybridized carbons (Fsp3) is 0.929. The molecule has 0 bridgehead atoms. The maximum atomic E-state index is 11.7. The molecule has 1 amide bonds. The van der Waals surface area contributed by atoms with Crippen LogP contribution in [0.3, 0.4) is 0 Å². The van der Waals surface area contributed by atoms with E-state index in [4.69, 9.17) is 0 Å². The summed E-state index contributed by atoms with van der Waals surface area (Å²) in [7, 11) is 0. The zero-order chi connectivity index (χ0) is 12.3. The van der Waals surface area contributed by atoms with Crippen molar-refractivity contribution in [1.29, 1.82) is 0 Å². The Balaban J connectivity index is 1.84. The third-order valence-corrected chi connectivity index (χ3v) is 4.30. The van der Waals surface area contributed by atoms with E-state index in [-0.39, 0.29) is 11.9 Å². The van der Waals surface area contributed by atoms with Crippen LogP contribution in [0.15, 0.2) is 0 Å².